The molecule has 1 fully saturated rings. The smallest absolute Gasteiger partial charge is 0.0551 e. The second-order valence-corrected chi connectivity index (χ2v) is 5.19. The fourth-order valence-corrected chi connectivity index (χ4v) is 3.57. The van der Waals surface area contributed by atoms with Crippen LogP contribution >= 0.6 is 22.9 Å². The Morgan fingerprint density at radius 1 is 1.46 bits per heavy atom. The molecule has 0 radical (unpaired) electrons. The van der Waals surface area contributed by atoms with Crippen LogP contribution in [0.5, 0.6) is 0 Å². The molecule has 1 aromatic heterocycles. The highest BCUT2D eigenvalue weighted by Gasteiger charge is 2.21. The molecule has 0 bridgehead atoms. The van der Waals surface area contributed by atoms with E-state index in [9.17, 15) is 0 Å². The molecule has 1 saturated carbocycles. The summed E-state index contributed by atoms with van der Waals surface area (Å²) in [6.07, 6.45) is 5.34. The molecule has 2 N–H and O–H groups in total. The molecule has 1 aliphatic rings. The van der Waals surface area contributed by atoms with Gasteiger partial charge in [-0.25, -0.2) is 0 Å². The molecule has 72 valence electrons. The number of hydrogen-bond donors (Lipinski definition) is 1. The minimum Gasteiger partial charge on any atom is -0.326 e. The summed E-state index contributed by atoms with van der Waals surface area (Å²) in [7, 11) is 0. The van der Waals surface area contributed by atoms with E-state index < -0.39 is 0 Å². The average molecular weight is 216 g/mol. The van der Waals surface area contributed by atoms with E-state index in [0.29, 0.717) is 6.54 Å². The number of nitrogens with two attached hydrogens (primary N) is 1. The topological polar surface area (TPSA) is 26.0 Å². The fourth-order valence-electron chi connectivity index (χ4n) is 2.00. The van der Waals surface area contributed by atoms with Crippen LogP contribution in [0.1, 0.15) is 41.4 Å². The summed E-state index contributed by atoms with van der Waals surface area (Å²) in [5.74, 6) is 0.720. The maximum atomic E-state index is 6.16. The Bertz CT molecular complexity index is 289. The van der Waals surface area contributed by atoms with Crippen molar-refractivity contribution in [1.82, 2.24) is 0 Å². The van der Waals surface area contributed by atoms with E-state index in [0.717, 1.165) is 10.9 Å². The van der Waals surface area contributed by atoms with Gasteiger partial charge in [0.05, 0.1) is 5.02 Å². The minimum absolute atomic E-state index is 0.622. The van der Waals surface area contributed by atoms with Crippen molar-refractivity contribution in [3.05, 3.63) is 20.8 Å². The molecule has 0 unspecified atom stereocenters. The predicted octanol–water partition coefficient (Wildman–Crippen LogP) is 3.52. The third-order valence-corrected chi connectivity index (χ3v) is 4.44. The molecule has 1 nitrogen and oxygen atoms in total. The quantitative estimate of drug-likeness (QED) is 0.803. The molecule has 0 atom stereocenters. The van der Waals surface area contributed by atoms with Crippen LogP contribution in [0.3, 0.4) is 0 Å². The Kier molecular flexibility index (Phi) is 2.92. The van der Waals surface area contributed by atoms with Gasteiger partial charge in [0.2, 0.25) is 0 Å². The van der Waals surface area contributed by atoms with Crippen LogP contribution in [-0.4, -0.2) is 0 Å². The van der Waals surface area contributed by atoms with Gasteiger partial charge in [0, 0.05) is 16.3 Å². The lowest BCUT2D eigenvalue weighted by Crippen LogP contribution is -1.91. The van der Waals surface area contributed by atoms with Crippen LogP contribution in [0.4, 0.5) is 0 Å². The third kappa shape index (κ3) is 1.90. The Morgan fingerprint density at radius 2 is 2.15 bits per heavy atom. The zero-order chi connectivity index (χ0) is 9.26. The molecule has 0 spiro atoms. The van der Waals surface area contributed by atoms with E-state index in [1.165, 1.54) is 35.4 Å². The van der Waals surface area contributed by atoms with E-state index in [2.05, 4.69) is 0 Å². The standard InChI is InChI=1S/C10H14ClNS/c11-9-5-8(6-12)13-10(9)7-3-1-2-4-7/h5,7H,1-4,6,12H2. The van der Waals surface area contributed by atoms with Crippen molar-refractivity contribution in [3.8, 4) is 0 Å². The van der Waals surface area contributed by atoms with Crippen molar-refractivity contribution in [2.75, 3.05) is 0 Å². The van der Waals surface area contributed by atoms with E-state index in [1.807, 2.05) is 6.07 Å². The van der Waals surface area contributed by atoms with E-state index in [1.54, 1.807) is 11.3 Å². The second-order valence-electron chi connectivity index (χ2n) is 3.61. The molecular formula is C10H14ClNS. The molecule has 2 rings (SSSR count). The predicted molar refractivity (Wildman–Crippen MR) is 58.4 cm³/mol. The van der Waals surface area contributed by atoms with Crippen LogP contribution in [0.25, 0.3) is 0 Å². The number of rotatable bonds is 2. The molecule has 0 aromatic carbocycles. The van der Waals surface area contributed by atoms with Gasteiger partial charge in [-0.05, 0) is 24.8 Å². The number of halogens is 1. The van der Waals surface area contributed by atoms with Gasteiger partial charge in [-0.15, -0.1) is 11.3 Å². The van der Waals surface area contributed by atoms with Gasteiger partial charge in [0.1, 0.15) is 0 Å². The maximum absolute atomic E-state index is 6.16. The van der Waals surface area contributed by atoms with Gasteiger partial charge in [0.25, 0.3) is 0 Å². The van der Waals surface area contributed by atoms with Gasteiger partial charge >= 0.3 is 0 Å². The fraction of sp³-hybridized carbons (Fsp3) is 0.600. The monoisotopic (exact) mass is 215 g/mol. The molecular weight excluding hydrogens is 202 g/mol. The van der Waals surface area contributed by atoms with Crippen molar-refractivity contribution in [2.24, 2.45) is 5.73 Å². The highest BCUT2D eigenvalue weighted by molar-refractivity contribution is 7.12. The van der Waals surface area contributed by atoms with E-state index in [4.69, 9.17) is 17.3 Å². The molecule has 1 aliphatic carbocycles. The SMILES string of the molecule is NCc1cc(Cl)c(C2CCCC2)s1. The Hall–Kier alpha value is -0.0500. The van der Waals surface area contributed by atoms with Gasteiger partial charge in [0.15, 0.2) is 0 Å². The molecule has 0 amide bonds. The number of thiophene rings is 1. The molecule has 0 saturated heterocycles. The first-order valence-corrected chi connectivity index (χ1v) is 5.99. The lowest BCUT2D eigenvalue weighted by Gasteiger charge is -2.05. The van der Waals surface area contributed by atoms with Crippen LogP contribution in [0.2, 0.25) is 5.02 Å². The zero-order valence-corrected chi connectivity index (χ0v) is 9.13. The van der Waals surface area contributed by atoms with Crippen LogP contribution < -0.4 is 5.73 Å². The third-order valence-electron chi connectivity index (χ3n) is 2.69. The summed E-state index contributed by atoms with van der Waals surface area (Å²) >= 11 is 7.96. The molecule has 1 aromatic rings. The Labute approximate surface area is 87.9 Å². The molecule has 0 aliphatic heterocycles. The summed E-state index contributed by atoms with van der Waals surface area (Å²) in [4.78, 5) is 2.59. The summed E-state index contributed by atoms with van der Waals surface area (Å²) in [6.45, 7) is 0.622. The highest BCUT2D eigenvalue weighted by Crippen LogP contribution is 2.41. The van der Waals surface area contributed by atoms with Crippen molar-refractivity contribution < 1.29 is 0 Å². The van der Waals surface area contributed by atoms with Crippen LogP contribution in [0, 0.1) is 0 Å². The maximum Gasteiger partial charge on any atom is 0.0551 e. The lowest BCUT2D eigenvalue weighted by atomic mass is 10.1. The van der Waals surface area contributed by atoms with Crippen LogP contribution in [0.15, 0.2) is 6.07 Å². The van der Waals surface area contributed by atoms with Gasteiger partial charge in [-0.2, -0.15) is 0 Å². The van der Waals surface area contributed by atoms with Gasteiger partial charge in [-0.1, -0.05) is 24.4 Å². The van der Waals surface area contributed by atoms with Gasteiger partial charge < -0.3 is 5.73 Å². The summed E-state index contributed by atoms with van der Waals surface area (Å²) in [5.41, 5.74) is 5.58. The summed E-state index contributed by atoms with van der Waals surface area (Å²) in [6, 6.07) is 2.03. The second kappa shape index (κ2) is 3.99. The van der Waals surface area contributed by atoms with Crippen LogP contribution in [-0.2, 0) is 6.54 Å². The lowest BCUT2D eigenvalue weighted by molar-refractivity contribution is 0.738. The van der Waals surface area contributed by atoms with E-state index in [-0.39, 0.29) is 0 Å². The van der Waals surface area contributed by atoms with E-state index >= 15 is 0 Å². The Balaban J connectivity index is 2.22. The normalized spacial score (nSPS) is 18.3. The number of hydrogen-bond acceptors (Lipinski definition) is 2. The Morgan fingerprint density at radius 3 is 2.69 bits per heavy atom. The van der Waals surface area contributed by atoms with Crippen molar-refractivity contribution in [3.63, 3.8) is 0 Å². The first-order chi connectivity index (χ1) is 6.31. The molecule has 13 heavy (non-hydrogen) atoms. The van der Waals surface area contributed by atoms with Crippen molar-refractivity contribution in [1.29, 1.82) is 0 Å². The molecule has 3 heteroatoms. The first-order valence-electron chi connectivity index (χ1n) is 4.79. The minimum atomic E-state index is 0.622. The largest absolute Gasteiger partial charge is 0.326 e. The summed E-state index contributed by atoms with van der Waals surface area (Å²) in [5, 5.41) is 0.942. The van der Waals surface area contributed by atoms with Crippen molar-refractivity contribution >= 4 is 22.9 Å². The van der Waals surface area contributed by atoms with Gasteiger partial charge in [-0.3, -0.25) is 0 Å². The summed E-state index contributed by atoms with van der Waals surface area (Å²) < 4.78 is 0. The zero-order valence-electron chi connectivity index (χ0n) is 7.55. The average Bonchev–Trinajstić information content (AvgIpc) is 2.72. The highest BCUT2D eigenvalue weighted by atomic mass is 35.5. The molecule has 1 heterocycles. The first kappa shape index (κ1) is 9.50. The van der Waals surface area contributed by atoms with Crippen molar-refractivity contribution in [2.45, 2.75) is 38.1 Å².